The van der Waals surface area contributed by atoms with Crippen molar-refractivity contribution in [2.75, 3.05) is 46.0 Å². The van der Waals surface area contributed by atoms with Gasteiger partial charge in [-0.05, 0) is 35.4 Å². The summed E-state index contributed by atoms with van der Waals surface area (Å²) in [5.74, 6) is 9.62. The van der Waals surface area contributed by atoms with Crippen LogP contribution in [-0.4, -0.2) is 46.0 Å². The molecule has 0 aliphatic carbocycles. The molecule has 2 aromatic carbocycles. The summed E-state index contributed by atoms with van der Waals surface area (Å²) in [5, 5.41) is 1.64. The normalized spacial score (nSPS) is 23.1. The highest BCUT2D eigenvalue weighted by Crippen LogP contribution is 2.42. The number of halogens is 2. The monoisotopic (exact) mass is 552 g/mol. The minimum absolute atomic E-state index is 0.509. The van der Waals surface area contributed by atoms with Gasteiger partial charge in [0.2, 0.25) is 0 Å². The second kappa shape index (κ2) is 15.1. The maximum atomic E-state index is 6.08. The molecule has 1 heterocycles. The molecular formula is C22H26Cl2S6. The molecular weight excluding hydrogens is 528 g/mol. The van der Waals surface area contributed by atoms with Crippen LogP contribution in [0.2, 0.25) is 10.0 Å². The summed E-state index contributed by atoms with van der Waals surface area (Å²) in [4.78, 5) is 0. The minimum Gasteiger partial charge on any atom is -0.160 e. The first kappa shape index (κ1) is 25.7. The second-order valence-corrected chi connectivity index (χ2v) is 15.2. The zero-order chi connectivity index (χ0) is 21.0. The van der Waals surface area contributed by atoms with Gasteiger partial charge in [-0.3, -0.25) is 0 Å². The molecule has 0 N–H and O–H groups in total. The molecule has 0 amide bonds. The molecule has 0 unspecified atom stereocenters. The SMILES string of the molecule is Clc1ccc(C2SCCSCCSC(c3ccc(Cl)cc3)SCCSCCS2)cc1. The van der Waals surface area contributed by atoms with Gasteiger partial charge >= 0.3 is 0 Å². The number of benzene rings is 2. The molecule has 8 heteroatoms. The molecule has 0 aromatic heterocycles. The maximum Gasteiger partial charge on any atom is 0.0751 e. The number of hydrogen-bond donors (Lipinski definition) is 0. The third-order valence-electron chi connectivity index (χ3n) is 4.27. The van der Waals surface area contributed by atoms with E-state index in [0.717, 1.165) is 10.0 Å². The van der Waals surface area contributed by atoms with E-state index in [4.69, 9.17) is 23.2 Å². The summed E-state index contributed by atoms with van der Waals surface area (Å²) in [6, 6.07) is 16.8. The molecule has 0 atom stereocenters. The van der Waals surface area contributed by atoms with E-state index in [1.807, 2.05) is 24.3 Å². The van der Waals surface area contributed by atoms with Gasteiger partial charge in [0.05, 0.1) is 9.16 Å². The van der Waals surface area contributed by atoms with Crippen LogP contribution in [-0.2, 0) is 0 Å². The number of rotatable bonds is 2. The van der Waals surface area contributed by atoms with E-state index in [9.17, 15) is 0 Å². The lowest BCUT2D eigenvalue weighted by Gasteiger charge is -2.19. The van der Waals surface area contributed by atoms with Crippen LogP contribution < -0.4 is 0 Å². The molecule has 1 aliphatic rings. The van der Waals surface area contributed by atoms with E-state index in [-0.39, 0.29) is 0 Å². The van der Waals surface area contributed by atoms with Gasteiger partial charge in [0.25, 0.3) is 0 Å². The minimum atomic E-state index is 0.509. The fourth-order valence-electron chi connectivity index (χ4n) is 2.78. The third-order valence-corrected chi connectivity index (χ3v) is 13.5. The third kappa shape index (κ3) is 9.54. The van der Waals surface area contributed by atoms with E-state index < -0.39 is 0 Å². The molecule has 0 spiro atoms. The largest absolute Gasteiger partial charge is 0.160 e. The van der Waals surface area contributed by atoms with Crippen LogP contribution in [0.5, 0.6) is 0 Å². The summed E-state index contributed by atoms with van der Waals surface area (Å²) in [5.41, 5.74) is 2.78. The smallest absolute Gasteiger partial charge is 0.0751 e. The molecule has 3 rings (SSSR count). The van der Waals surface area contributed by atoms with Crippen LogP contribution in [0.4, 0.5) is 0 Å². The molecule has 30 heavy (non-hydrogen) atoms. The van der Waals surface area contributed by atoms with Crippen molar-refractivity contribution in [3.05, 3.63) is 69.7 Å². The number of hydrogen-bond acceptors (Lipinski definition) is 6. The van der Waals surface area contributed by atoms with Gasteiger partial charge in [-0.1, -0.05) is 47.5 Å². The van der Waals surface area contributed by atoms with Gasteiger partial charge in [0, 0.05) is 56.1 Å². The van der Waals surface area contributed by atoms with Crippen molar-refractivity contribution in [2.24, 2.45) is 0 Å². The Morgan fingerprint density at radius 1 is 0.467 bits per heavy atom. The van der Waals surface area contributed by atoms with Gasteiger partial charge < -0.3 is 0 Å². The van der Waals surface area contributed by atoms with Crippen LogP contribution in [0.3, 0.4) is 0 Å². The quantitative estimate of drug-likeness (QED) is 0.361. The zero-order valence-corrected chi connectivity index (χ0v) is 23.0. The Labute approximate surface area is 216 Å². The van der Waals surface area contributed by atoms with E-state index in [1.54, 1.807) is 0 Å². The van der Waals surface area contributed by atoms with Crippen molar-refractivity contribution in [1.82, 2.24) is 0 Å². The summed E-state index contributed by atoms with van der Waals surface area (Å²) in [6.07, 6.45) is 0. The molecule has 0 radical (unpaired) electrons. The van der Waals surface area contributed by atoms with Gasteiger partial charge in [-0.2, -0.15) is 23.5 Å². The molecule has 164 valence electrons. The van der Waals surface area contributed by atoms with E-state index in [2.05, 4.69) is 94.8 Å². The Bertz CT molecular complexity index is 646. The molecule has 1 aliphatic heterocycles. The Morgan fingerprint density at radius 2 is 0.767 bits per heavy atom. The zero-order valence-electron chi connectivity index (χ0n) is 16.6. The highest BCUT2D eigenvalue weighted by molar-refractivity contribution is 8.18. The van der Waals surface area contributed by atoms with Gasteiger partial charge in [-0.25, -0.2) is 0 Å². The fraction of sp³-hybridized carbons (Fsp3) is 0.455. The van der Waals surface area contributed by atoms with Gasteiger partial charge in [0.15, 0.2) is 0 Å². The lowest BCUT2D eigenvalue weighted by Crippen LogP contribution is -2.00. The highest BCUT2D eigenvalue weighted by Gasteiger charge is 2.15. The molecule has 1 saturated heterocycles. The second-order valence-electron chi connectivity index (χ2n) is 6.47. The van der Waals surface area contributed by atoms with Gasteiger partial charge in [-0.15, -0.1) is 47.0 Å². The first-order chi connectivity index (χ1) is 14.7. The predicted octanol–water partition coefficient (Wildman–Crippen LogP) is 9.10. The van der Waals surface area contributed by atoms with Crippen molar-refractivity contribution in [1.29, 1.82) is 0 Å². The molecule has 0 nitrogen and oxygen atoms in total. The van der Waals surface area contributed by atoms with Gasteiger partial charge in [0.1, 0.15) is 0 Å². The lowest BCUT2D eigenvalue weighted by atomic mass is 10.2. The topological polar surface area (TPSA) is 0 Å². The molecule has 0 bridgehead atoms. The maximum absolute atomic E-state index is 6.08. The first-order valence-electron chi connectivity index (χ1n) is 9.85. The highest BCUT2D eigenvalue weighted by atomic mass is 35.5. The van der Waals surface area contributed by atoms with Crippen LogP contribution in [0.25, 0.3) is 0 Å². The Kier molecular flexibility index (Phi) is 13.0. The average Bonchev–Trinajstić information content (AvgIpc) is 2.75. The first-order valence-corrected chi connectivity index (χ1v) is 17.1. The van der Waals surface area contributed by atoms with E-state index in [0.29, 0.717) is 9.16 Å². The number of thioether (sulfide) groups is 6. The summed E-state index contributed by atoms with van der Waals surface area (Å²) in [7, 11) is 0. The van der Waals surface area contributed by atoms with Crippen molar-refractivity contribution in [3.63, 3.8) is 0 Å². The standard InChI is InChI=1S/C22H26Cl2S6/c23-19-5-1-17(2-6-19)21-27-13-9-25-11-15-29-22(18-3-7-20(24)8-4-18)30-16-12-26-10-14-28-21/h1-8,21-22H,9-16H2. The van der Waals surface area contributed by atoms with E-state index in [1.165, 1.54) is 57.1 Å². The van der Waals surface area contributed by atoms with Crippen LogP contribution in [0.1, 0.15) is 20.3 Å². The molecule has 2 aromatic rings. The lowest BCUT2D eigenvalue weighted by molar-refractivity contribution is 1.34. The van der Waals surface area contributed by atoms with Crippen molar-refractivity contribution >= 4 is 93.8 Å². The Hall–Kier alpha value is 1.12. The van der Waals surface area contributed by atoms with Crippen LogP contribution >= 0.6 is 93.8 Å². The Morgan fingerprint density at radius 3 is 1.07 bits per heavy atom. The van der Waals surface area contributed by atoms with Crippen molar-refractivity contribution in [3.8, 4) is 0 Å². The fourth-order valence-corrected chi connectivity index (χ4v) is 11.0. The molecule has 1 fully saturated rings. The molecule has 0 saturated carbocycles. The Balaban J connectivity index is 1.52. The summed E-state index contributed by atoms with van der Waals surface area (Å²) >= 11 is 24.7. The summed E-state index contributed by atoms with van der Waals surface area (Å²) in [6.45, 7) is 0. The predicted molar refractivity (Wildman–Crippen MR) is 153 cm³/mol. The van der Waals surface area contributed by atoms with E-state index >= 15 is 0 Å². The average molecular weight is 554 g/mol. The van der Waals surface area contributed by atoms with Crippen molar-refractivity contribution in [2.45, 2.75) is 9.16 Å². The van der Waals surface area contributed by atoms with Crippen LogP contribution in [0.15, 0.2) is 48.5 Å². The van der Waals surface area contributed by atoms with Crippen molar-refractivity contribution < 1.29 is 0 Å². The summed E-state index contributed by atoms with van der Waals surface area (Å²) < 4.78 is 1.02. The van der Waals surface area contributed by atoms with Crippen LogP contribution in [0, 0.1) is 0 Å².